The molecule has 0 unspecified atom stereocenters. The van der Waals surface area contributed by atoms with E-state index >= 15 is 0 Å². The zero-order chi connectivity index (χ0) is 15.2. The maximum atomic E-state index is 12.0. The Morgan fingerprint density at radius 1 is 1.43 bits per heavy atom. The zero-order valence-corrected chi connectivity index (χ0v) is 12.7. The van der Waals surface area contributed by atoms with Gasteiger partial charge in [-0.2, -0.15) is 5.10 Å². The van der Waals surface area contributed by atoms with Crippen molar-refractivity contribution in [2.24, 2.45) is 7.05 Å². The van der Waals surface area contributed by atoms with E-state index in [4.69, 9.17) is 11.6 Å². The molecule has 8 heteroatoms. The standard InChI is InChI=1S/C13H17ClN6O/c1-3-4-15-12-10(14)5-9(6-16-12)13(21)17-7-11-18-8-20(2)19-11/h5-6,8H,3-4,7H2,1-2H3,(H,15,16)(H,17,21). The lowest BCUT2D eigenvalue weighted by Crippen LogP contribution is -2.23. The lowest BCUT2D eigenvalue weighted by Gasteiger charge is -2.08. The molecule has 2 N–H and O–H groups in total. The Balaban J connectivity index is 1.97. The highest BCUT2D eigenvalue weighted by atomic mass is 35.5. The Labute approximate surface area is 127 Å². The third kappa shape index (κ3) is 4.16. The predicted molar refractivity (Wildman–Crippen MR) is 80.2 cm³/mol. The number of aryl methyl sites for hydroxylation is 1. The van der Waals surface area contributed by atoms with Gasteiger partial charge < -0.3 is 10.6 Å². The summed E-state index contributed by atoms with van der Waals surface area (Å²) in [5, 5.41) is 10.3. The van der Waals surface area contributed by atoms with Gasteiger partial charge in [-0.3, -0.25) is 9.48 Å². The minimum Gasteiger partial charge on any atom is -0.369 e. The number of halogens is 1. The Morgan fingerprint density at radius 3 is 2.86 bits per heavy atom. The van der Waals surface area contributed by atoms with Crippen molar-refractivity contribution in [1.29, 1.82) is 0 Å². The fourth-order valence-corrected chi connectivity index (χ4v) is 1.90. The van der Waals surface area contributed by atoms with E-state index in [2.05, 4.69) is 25.7 Å². The minimum atomic E-state index is -0.265. The molecular weight excluding hydrogens is 292 g/mol. The molecule has 0 atom stereocenters. The van der Waals surface area contributed by atoms with Crippen LogP contribution in [0.2, 0.25) is 5.02 Å². The van der Waals surface area contributed by atoms with Gasteiger partial charge in [-0.25, -0.2) is 9.97 Å². The summed E-state index contributed by atoms with van der Waals surface area (Å²) in [5.41, 5.74) is 0.401. The number of nitrogens with zero attached hydrogens (tertiary/aromatic N) is 4. The molecule has 2 aromatic heterocycles. The average molecular weight is 309 g/mol. The molecule has 1 amide bonds. The van der Waals surface area contributed by atoms with Crippen LogP contribution in [0.4, 0.5) is 5.82 Å². The van der Waals surface area contributed by atoms with E-state index in [1.165, 1.54) is 6.20 Å². The molecule has 7 nitrogen and oxygen atoms in total. The molecule has 2 aromatic rings. The van der Waals surface area contributed by atoms with Gasteiger partial charge in [0.15, 0.2) is 5.82 Å². The van der Waals surface area contributed by atoms with E-state index in [-0.39, 0.29) is 12.5 Å². The third-order valence-corrected chi connectivity index (χ3v) is 2.99. The fraction of sp³-hybridized carbons (Fsp3) is 0.385. The van der Waals surface area contributed by atoms with Gasteiger partial charge in [0.25, 0.3) is 5.91 Å². The highest BCUT2D eigenvalue weighted by molar-refractivity contribution is 6.33. The number of hydrogen-bond donors (Lipinski definition) is 2. The van der Waals surface area contributed by atoms with Gasteiger partial charge in [-0.15, -0.1) is 0 Å². The number of carbonyl (C=O) groups excluding carboxylic acids is 1. The topological polar surface area (TPSA) is 84.7 Å². The first-order valence-electron chi connectivity index (χ1n) is 6.62. The van der Waals surface area contributed by atoms with Crippen molar-refractivity contribution in [1.82, 2.24) is 25.1 Å². The van der Waals surface area contributed by atoms with Crippen LogP contribution in [0, 0.1) is 0 Å². The number of pyridine rings is 1. The second-order valence-electron chi connectivity index (χ2n) is 4.50. The van der Waals surface area contributed by atoms with Gasteiger partial charge in [-0.05, 0) is 12.5 Å². The van der Waals surface area contributed by atoms with Crippen LogP contribution >= 0.6 is 11.6 Å². The van der Waals surface area contributed by atoms with E-state index < -0.39 is 0 Å². The van der Waals surface area contributed by atoms with E-state index in [1.807, 2.05) is 6.92 Å². The molecule has 0 fully saturated rings. The minimum absolute atomic E-state index is 0.257. The molecule has 2 rings (SSSR count). The number of rotatable bonds is 6. The van der Waals surface area contributed by atoms with E-state index in [9.17, 15) is 4.79 Å². The van der Waals surface area contributed by atoms with Crippen molar-refractivity contribution in [3.63, 3.8) is 0 Å². The fourth-order valence-electron chi connectivity index (χ4n) is 1.66. The Hall–Kier alpha value is -2.15. The van der Waals surface area contributed by atoms with Crippen molar-refractivity contribution in [3.05, 3.63) is 35.0 Å². The van der Waals surface area contributed by atoms with Crippen LogP contribution in [0.15, 0.2) is 18.6 Å². The van der Waals surface area contributed by atoms with Crippen molar-refractivity contribution in [2.75, 3.05) is 11.9 Å². The molecule has 0 saturated carbocycles. The maximum Gasteiger partial charge on any atom is 0.253 e. The number of carbonyl (C=O) groups is 1. The quantitative estimate of drug-likeness (QED) is 0.847. The van der Waals surface area contributed by atoms with Gasteiger partial charge >= 0.3 is 0 Å². The van der Waals surface area contributed by atoms with Crippen molar-refractivity contribution < 1.29 is 4.79 Å². The summed E-state index contributed by atoms with van der Waals surface area (Å²) in [6, 6.07) is 1.59. The van der Waals surface area contributed by atoms with Crippen LogP contribution in [-0.2, 0) is 13.6 Å². The molecule has 2 heterocycles. The second kappa shape index (κ2) is 7.03. The number of hydrogen-bond acceptors (Lipinski definition) is 5. The number of anilines is 1. The first-order valence-corrected chi connectivity index (χ1v) is 7.00. The van der Waals surface area contributed by atoms with Crippen LogP contribution < -0.4 is 10.6 Å². The summed E-state index contributed by atoms with van der Waals surface area (Å²) in [7, 11) is 1.77. The van der Waals surface area contributed by atoms with Crippen LogP contribution in [0.3, 0.4) is 0 Å². The smallest absolute Gasteiger partial charge is 0.253 e. The third-order valence-electron chi connectivity index (χ3n) is 2.70. The lowest BCUT2D eigenvalue weighted by molar-refractivity contribution is 0.0949. The molecule has 21 heavy (non-hydrogen) atoms. The molecule has 0 aliphatic carbocycles. The summed E-state index contributed by atoms with van der Waals surface area (Å²) in [6.07, 6.45) is 4.04. The molecular formula is C13H17ClN6O. The molecule has 0 aliphatic heterocycles. The number of aromatic nitrogens is 4. The Kier molecular flexibility index (Phi) is 5.10. The first kappa shape index (κ1) is 15.2. The van der Waals surface area contributed by atoms with E-state index in [1.54, 1.807) is 24.1 Å². The van der Waals surface area contributed by atoms with E-state index in [0.29, 0.717) is 22.2 Å². The predicted octanol–water partition coefficient (Wildman–Crippen LogP) is 1.62. The van der Waals surface area contributed by atoms with Gasteiger partial charge in [0, 0.05) is 19.8 Å². The Morgan fingerprint density at radius 2 is 2.24 bits per heavy atom. The Bertz CT molecular complexity index is 627. The zero-order valence-electron chi connectivity index (χ0n) is 11.9. The average Bonchev–Trinajstić information content (AvgIpc) is 2.89. The molecule has 0 bridgehead atoms. The summed E-state index contributed by atoms with van der Waals surface area (Å²) < 4.78 is 1.58. The van der Waals surface area contributed by atoms with Gasteiger partial charge in [0.2, 0.25) is 0 Å². The lowest BCUT2D eigenvalue weighted by atomic mass is 10.2. The van der Waals surface area contributed by atoms with Crippen LogP contribution in [-0.4, -0.2) is 32.2 Å². The highest BCUT2D eigenvalue weighted by Crippen LogP contribution is 2.20. The van der Waals surface area contributed by atoms with Gasteiger partial charge in [0.05, 0.1) is 17.1 Å². The van der Waals surface area contributed by atoms with Gasteiger partial charge in [0.1, 0.15) is 12.1 Å². The molecule has 0 radical (unpaired) electrons. The molecule has 0 spiro atoms. The molecule has 0 aliphatic rings. The maximum absolute atomic E-state index is 12.0. The molecule has 112 valence electrons. The van der Waals surface area contributed by atoms with Crippen molar-refractivity contribution in [2.45, 2.75) is 19.9 Å². The number of amides is 1. The SMILES string of the molecule is CCCNc1ncc(C(=O)NCc2ncn(C)n2)cc1Cl. The van der Waals surface area contributed by atoms with Crippen molar-refractivity contribution in [3.8, 4) is 0 Å². The molecule has 0 saturated heterocycles. The summed E-state index contributed by atoms with van der Waals surface area (Å²) in [6.45, 7) is 3.09. The van der Waals surface area contributed by atoms with Crippen molar-refractivity contribution >= 4 is 23.3 Å². The second-order valence-corrected chi connectivity index (χ2v) is 4.91. The summed E-state index contributed by atoms with van der Waals surface area (Å²) in [4.78, 5) is 20.2. The summed E-state index contributed by atoms with van der Waals surface area (Å²) in [5.74, 6) is 0.867. The number of nitrogens with one attached hydrogen (secondary N) is 2. The monoisotopic (exact) mass is 308 g/mol. The first-order chi connectivity index (χ1) is 10.1. The largest absolute Gasteiger partial charge is 0.369 e. The normalized spacial score (nSPS) is 10.4. The van der Waals surface area contributed by atoms with Crippen LogP contribution in [0.5, 0.6) is 0 Å². The van der Waals surface area contributed by atoms with Crippen LogP contribution in [0.25, 0.3) is 0 Å². The van der Waals surface area contributed by atoms with E-state index in [0.717, 1.165) is 13.0 Å². The summed E-state index contributed by atoms with van der Waals surface area (Å²) >= 11 is 6.10. The molecule has 0 aromatic carbocycles. The van der Waals surface area contributed by atoms with Crippen LogP contribution in [0.1, 0.15) is 29.5 Å². The highest BCUT2D eigenvalue weighted by Gasteiger charge is 2.10. The van der Waals surface area contributed by atoms with Gasteiger partial charge in [-0.1, -0.05) is 18.5 Å².